The van der Waals surface area contributed by atoms with Crippen LogP contribution in [0.15, 0.2) is 24.3 Å². The zero-order valence-electron chi connectivity index (χ0n) is 17.7. The first kappa shape index (κ1) is 23.5. The fraction of sp³-hybridized carbons (Fsp3) is 0.696. The molecule has 0 heterocycles. The highest BCUT2D eigenvalue weighted by molar-refractivity contribution is 5.89. The van der Waals surface area contributed by atoms with Crippen LogP contribution in [0.4, 0.5) is 0 Å². The van der Waals surface area contributed by atoms with Gasteiger partial charge in [0.1, 0.15) is 5.75 Å². The van der Waals surface area contributed by atoms with E-state index < -0.39 is 0 Å². The number of hydrogen-bond acceptors (Lipinski definition) is 4. The smallest absolute Gasteiger partial charge is 0.338 e. The number of hydrogen-bond donors (Lipinski definition) is 1. The van der Waals surface area contributed by atoms with Crippen LogP contribution in [0, 0.1) is 11.8 Å². The SMILES string of the molecule is CC(C)CN(CCCCCCCCOC(=O)c1ccc(O)cc1)CC(C)C. The lowest BCUT2D eigenvalue weighted by atomic mass is 10.1. The van der Waals surface area contributed by atoms with Crippen LogP contribution >= 0.6 is 0 Å². The molecule has 1 aromatic rings. The second kappa shape index (κ2) is 13.6. The molecule has 0 fully saturated rings. The Morgan fingerprint density at radius 1 is 0.889 bits per heavy atom. The van der Waals surface area contributed by atoms with Crippen molar-refractivity contribution >= 4 is 5.97 Å². The molecule has 0 spiro atoms. The highest BCUT2D eigenvalue weighted by atomic mass is 16.5. The van der Waals surface area contributed by atoms with Gasteiger partial charge in [-0.1, -0.05) is 53.4 Å². The molecule has 1 aromatic carbocycles. The fourth-order valence-electron chi connectivity index (χ4n) is 3.28. The molecule has 27 heavy (non-hydrogen) atoms. The molecule has 0 aliphatic heterocycles. The standard InChI is InChI=1S/C23H39NO3/c1-19(2)17-24(18-20(3)4)15-9-7-5-6-8-10-16-27-23(26)21-11-13-22(25)14-12-21/h11-14,19-20,25H,5-10,15-18H2,1-4H3. The van der Waals surface area contributed by atoms with Gasteiger partial charge in [-0.15, -0.1) is 0 Å². The maximum absolute atomic E-state index is 11.8. The van der Waals surface area contributed by atoms with Gasteiger partial charge < -0.3 is 14.7 Å². The first-order valence-corrected chi connectivity index (χ1v) is 10.6. The predicted molar refractivity (Wildman–Crippen MR) is 112 cm³/mol. The number of rotatable bonds is 14. The minimum absolute atomic E-state index is 0.156. The van der Waals surface area contributed by atoms with E-state index in [-0.39, 0.29) is 11.7 Å². The minimum Gasteiger partial charge on any atom is -0.508 e. The number of esters is 1. The number of phenolic OH excluding ortho intramolecular Hbond substituents is 1. The molecule has 4 nitrogen and oxygen atoms in total. The molecule has 0 saturated heterocycles. The molecule has 0 atom stereocenters. The third-order valence-corrected chi connectivity index (χ3v) is 4.45. The summed E-state index contributed by atoms with van der Waals surface area (Å²) in [5.41, 5.74) is 0.486. The van der Waals surface area contributed by atoms with Gasteiger partial charge in [-0.25, -0.2) is 4.79 Å². The van der Waals surface area contributed by atoms with Crippen molar-refractivity contribution < 1.29 is 14.6 Å². The van der Waals surface area contributed by atoms with Gasteiger partial charge in [-0.05, 0) is 55.5 Å². The van der Waals surface area contributed by atoms with Gasteiger partial charge in [0.05, 0.1) is 12.2 Å². The Labute approximate surface area is 165 Å². The van der Waals surface area contributed by atoms with Crippen molar-refractivity contribution in [2.45, 2.75) is 66.2 Å². The molecule has 0 bridgehead atoms. The quantitative estimate of drug-likeness (QED) is 0.343. The molecule has 0 aliphatic carbocycles. The highest BCUT2D eigenvalue weighted by Crippen LogP contribution is 2.12. The molecule has 154 valence electrons. The largest absolute Gasteiger partial charge is 0.508 e. The zero-order chi connectivity index (χ0) is 20.1. The van der Waals surface area contributed by atoms with Gasteiger partial charge in [0.2, 0.25) is 0 Å². The third-order valence-electron chi connectivity index (χ3n) is 4.45. The summed E-state index contributed by atoms with van der Waals surface area (Å²) in [6.07, 6.45) is 7.02. The molecule has 1 rings (SSSR count). The third kappa shape index (κ3) is 11.7. The van der Waals surface area contributed by atoms with Gasteiger partial charge in [0.15, 0.2) is 0 Å². The van der Waals surface area contributed by atoms with Gasteiger partial charge in [0.25, 0.3) is 0 Å². The number of carbonyl (C=O) groups excluding carboxylic acids is 1. The van der Waals surface area contributed by atoms with Crippen LogP contribution in [-0.2, 0) is 4.74 Å². The van der Waals surface area contributed by atoms with Crippen LogP contribution in [0.5, 0.6) is 5.75 Å². The summed E-state index contributed by atoms with van der Waals surface area (Å²) in [6.45, 7) is 13.2. The van der Waals surface area contributed by atoms with E-state index in [1.807, 2.05) is 0 Å². The molecule has 0 saturated carbocycles. The average Bonchev–Trinajstić information content (AvgIpc) is 2.59. The van der Waals surface area contributed by atoms with Crippen LogP contribution in [-0.4, -0.2) is 42.2 Å². The van der Waals surface area contributed by atoms with Gasteiger partial charge in [-0.2, -0.15) is 0 Å². The average molecular weight is 378 g/mol. The van der Waals surface area contributed by atoms with E-state index >= 15 is 0 Å². The van der Waals surface area contributed by atoms with Crippen molar-refractivity contribution in [1.29, 1.82) is 0 Å². The molecule has 0 radical (unpaired) electrons. The van der Waals surface area contributed by atoms with Gasteiger partial charge in [-0.3, -0.25) is 0 Å². The first-order chi connectivity index (χ1) is 12.9. The molecule has 4 heteroatoms. The fourth-order valence-corrected chi connectivity index (χ4v) is 3.28. The highest BCUT2D eigenvalue weighted by Gasteiger charge is 2.09. The van der Waals surface area contributed by atoms with Crippen molar-refractivity contribution in [1.82, 2.24) is 4.90 Å². The van der Waals surface area contributed by atoms with Crippen LogP contribution in [0.1, 0.15) is 76.6 Å². The summed E-state index contributed by atoms with van der Waals surface area (Å²) in [5.74, 6) is 1.30. The van der Waals surface area contributed by atoms with Crippen LogP contribution < -0.4 is 0 Å². The number of phenols is 1. The second-order valence-corrected chi connectivity index (χ2v) is 8.35. The monoisotopic (exact) mass is 377 g/mol. The molecule has 1 N–H and O–H groups in total. The molecule has 0 aliphatic rings. The normalized spacial score (nSPS) is 11.5. The number of unbranched alkanes of at least 4 members (excludes halogenated alkanes) is 5. The lowest BCUT2D eigenvalue weighted by Gasteiger charge is -2.26. The minimum atomic E-state index is -0.314. The Bertz CT molecular complexity index is 501. The van der Waals surface area contributed by atoms with Gasteiger partial charge >= 0.3 is 5.97 Å². The van der Waals surface area contributed by atoms with E-state index in [4.69, 9.17) is 4.74 Å². The molecule has 0 amide bonds. The number of benzene rings is 1. The van der Waals surface area contributed by atoms with E-state index in [1.54, 1.807) is 12.1 Å². The Hall–Kier alpha value is -1.55. The van der Waals surface area contributed by atoms with Crippen molar-refractivity contribution in [3.05, 3.63) is 29.8 Å². The van der Waals surface area contributed by atoms with Crippen molar-refractivity contribution in [3.8, 4) is 5.75 Å². The van der Waals surface area contributed by atoms with Crippen molar-refractivity contribution in [2.24, 2.45) is 11.8 Å². The maximum atomic E-state index is 11.8. The van der Waals surface area contributed by atoms with Crippen molar-refractivity contribution in [3.63, 3.8) is 0 Å². The van der Waals surface area contributed by atoms with E-state index in [9.17, 15) is 9.90 Å². The topological polar surface area (TPSA) is 49.8 Å². The Balaban J connectivity index is 2.03. The second-order valence-electron chi connectivity index (χ2n) is 8.35. The lowest BCUT2D eigenvalue weighted by molar-refractivity contribution is 0.0497. The molecule has 0 aromatic heterocycles. The maximum Gasteiger partial charge on any atom is 0.338 e. The van der Waals surface area contributed by atoms with Gasteiger partial charge in [0, 0.05) is 13.1 Å². The summed E-state index contributed by atoms with van der Waals surface area (Å²) in [5, 5.41) is 9.23. The Morgan fingerprint density at radius 2 is 1.41 bits per heavy atom. The summed E-state index contributed by atoms with van der Waals surface area (Å²) in [4.78, 5) is 14.4. The number of carbonyl (C=O) groups is 1. The first-order valence-electron chi connectivity index (χ1n) is 10.6. The van der Waals surface area contributed by atoms with E-state index in [1.165, 1.54) is 57.5 Å². The number of ether oxygens (including phenoxy) is 1. The zero-order valence-corrected chi connectivity index (χ0v) is 17.7. The van der Waals surface area contributed by atoms with E-state index in [0.29, 0.717) is 12.2 Å². The Kier molecular flexibility index (Phi) is 11.8. The van der Waals surface area contributed by atoms with Crippen LogP contribution in [0.3, 0.4) is 0 Å². The lowest BCUT2D eigenvalue weighted by Crippen LogP contribution is -2.32. The van der Waals surface area contributed by atoms with Crippen LogP contribution in [0.2, 0.25) is 0 Å². The summed E-state index contributed by atoms with van der Waals surface area (Å²) in [7, 11) is 0. The van der Waals surface area contributed by atoms with E-state index in [2.05, 4.69) is 32.6 Å². The van der Waals surface area contributed by atoms with Crippen LogP contribution in [0.25, 0.3) is 0 Å². The van der Waals surface area contributed by atoms with E-state index in [0.717, 1.165) is 24.7 Å². The van der Waals surface area contributed by atoms with Crippen molar-refractivity contribution in [2.75, 3.05) is 26.2 Å². The Morgan fingerprint density at radius 3 is 1.96 bits per heavy atom. The summed E-state index contributed by atoms with van der Waals surface area (Å²) in [6, 6.07) is 6.17. The number of nitrogens with zero attached hydrogens (tertiary/aromatic N) is 1. The molecular weight excluding hydrogens is 338 g/mol. The summed E-state index contributed by atoms with van der Waals surface area (Å²) >= 11 is 0. The number of aromatic hydroxyl groups is 1. The molecular formula is C23H39NO3. The summed E-state index contributed by atoms with van der Waals surface area (Å²) < 4.78 is 5.27. The predicted octanol–water partition coefficient (Wildman–Crippen LogP) is 5.50. The molecule has 0 unspecified atom stereocenters.